The molecule has 1 aliphatic rings. The van der Waals surface area contributed by atoms with Crippen molar-refractivity contribution in [3.63, 3.8) is 0 Å². The molecular weight excluding hydrogens is 476 g/mol. The summed E-state index contributed by atoms with van der Waals surface area (Å²) in [5.41, 5.74) is 1.69. The van der Waals surface area contributed by atoms with E-state index in [0.29, 0.717) is 24.7 Å². The highest BCUT2D eigenvalue weighted by atomic mass is 32.2. The number of carboxylic acid groups (broad SMARTS) is 1. The summed E-state index contributed by atoms with van der Waals surface area (Å²) in [4.78, 5) is 26.4. The quantitative estimate of drug-likeness (QED) is 0.270. The van der Waals surface area contributed by atoms with E-state index in [1.165, 1.54) is 0 Å². The van der Waals surface area contributed by atoms with E-state index in [0.717, 1.165) is 65.5 Å². The topological polar surface area (TPSA) is 109 Å². The molecule has 1 aliphatic heterocycles. The molecule has 0 aliphatic carbocycles. The van der Waals surface area contributed by atoms with Gasteiger partial charge in [0.1, 0.15) is 12.1 Å². The number of thioether (sulfide) groups is 1. The number of fused-ring (bicyclic) bond motifs is 1. The molecule has 0 saturated carbocycles. The minimum absolute atomic E-state index is 0.183. The van der Waals surface area contributed by atoms with Gasteiger partial charge in [-0.3, -0.25) is 9.78 Å². The van der Waals surface area contributed by atoms with E-state index in [4.69, 9.17) is 4.74 Å². The van der Waals surface area contributed by atoms with Gasteiger partial charge in [-0.25, -0.2) is 9.97 Å². The first kappa shape index (κ1) is 26.3. The molecule has 2 aromatic heterocycles. The highest BCUT2D eigenvalue weighted by Crippen LogP contribution is 2.35. The van der Waals surface area contributed by atoms with E-state index in [1.807, 2.05) is 30.3 Å². The Morgan fingerprint density at radius 3 is 2.86 bits per heavy atom. The number of likely N-dealkylation sites (tertiary alicyclic amines) is 1. The van der Waals surface area contributed by atoms with Crippen LogP contribution in [0.15, 0.2) is 54.1 Å². The van der Waals surface area contributed by atoms with Crippen LogP contribution >= 0.6 is 11.8 Å². The summed E-state index contributed by atoms with van der Waals surface area (Å²) in [6.07, 6.45) is 7.81. The van der Waals surface area contributed by atoms with Crippen LogP contribution in [0.25, 0.3) is 10.9 Å². The fourth-order valence-electron chi connectivity index (χ4n) is 5.11. The second-order valence-corrected chi connectivity index (χ2v) is 10.4. The number of ether oxygens (including phenoxy) is 1. The molecule has 0 amide bonds. The first-order chi connectivity index (χ1) is 17.5. The molecule has 9 heteroatoms. The third-order valence-corrected chi connectivity index (χ3v) is 7.99. The van der Waals surface area contributed by atoms with E-state index >= 15 is 0 Å². The first-order valence-corrected chi connectivity index (χ1v) is 13.5. The summed E-state index contributed by atoms with van der Waals surface area (Å²) in [5.74, 6) is 1.63. The highest BCUT2D eigenvalue weighted by molar-refractivity contribution is 7.99. The molecule has 36 heavy (non-hydrogen) atoms. The number of carbonyl (C=O) groups is 1. The van der Waals surface area contributed by atoms with Gasteiger partial charge in [-0.05, 0) is 80.0 Å². The minimum atomic E-state index is -0.748. The normalized spacial score (nSPS) is 19.3. The minimum Gasteiger partial charge on any atom is -0.497 e. The predicted molar refractivity (Wildman–Crippen MR) is 140 cm³/mol. The lowest BCUT2D eigenvalue weighted by atomic mass is 9.79. The van der Waals surface area contributed by atoms with Crippen molar-refractivity contribution in [1.82, 2.24) is 19.9 Å². The van der Waals surface area contributed by atoms with E-state index in [1.54, 1.807) is 37.6 Å². The molecule has 3 heterocycles. The average Bonchev–Trinajstić information content (AvgIpc) is 2.91. The fraction of sp³-hybridized carbons (Fsp3) is 0.481. The Labute approximate surface area is 216 Å². The summed E-state index contributed by atoms with van der Waals surface area (Å²) in [5, 5.41) is 22.3. The lowest BCUT2D eigenvalue weighted by molar-refractivity contribution is -0.137. The maximum absolute atomic E-state index is 11.3. The van der Waals surface area contributed by atoms with Crippen molar-refractivity contribution >= 4 is 28.6 Å². The van der Waals surface area contributed by atoms with E-state index in [-0.39, 0.29) is 6.42 Å². The number of aliphatic carboxylic acids is 1. The van der Waals surface area contributed by atoms with Gasteiger partial charge in [0, 0.05) is 43.0 Å². The SMILES string of the molecule is COc1ccc2nccc(C(O)CC[C@@H]3CCN(CCSc4ccncn4)C[C@@H]3CCC(=O)O)c2c1. The monoisotopic (exact) mass is 510 g/mol. The van der Waals surface area contributed by atoms with Crippen LogP contribution in [0.2, 0.25) is 0 Å². The van der Waals surface area contributed by atoms with E-state index in [2.05, 4.69) is 19.9 Å². The molecule has 2 N–H and O–H groups in total. The van der Waals surface area contributed by atoms with Crippen LogP contribution in [0.4, 0.5) is 0 Å². The second kappa shape index (κ2) is 13.0. The van der Waals surface area contributed by atoms with Gasteiger partial charge in [0.25, 0.3) is 0 Å². The number of piperidine rings is 1. The maximum atomic E-state index is 11.3. The summed E-state index contributed by atoms with van der Waals surface area (Å²) in [6.45, 7) is 2.83. The highest BCUT2D eigenvalue weighted by Gasteiger charge is 2.30. The number of pyridine rings is 1. The Balaban J connectivity index is 1.35. The number of rotatable bonds is 12. The second-order valence-electron chi connectivity index (χ2n) is 9.31. The molecule has 8 nitrogen and oxygen atoms in total. The standard InChI is InChI=1S/C27H34N4O4S/c1-35-21-4-5-24-23(16-21)22(8-12-29-24)25(32)6-2-19-10-13-31(17-20(19)3-7-27(33)34)14-15-36-26-9-11-28-18-30-26/h4-5,8-9,11-12,16,18-20,25,32H,2-3,6-7,10,13-15,17H2,1H3,(H,33,34)/t19-,20+,25?/m1/s1. The van der Waals surface area contributed by atoms with Gasteiger partial charge in [-0.2, -0.15) is 0 Å². The first-order valence-electron chi connectivity index (χ1n) is 12.5. The van der Waals surface area contributed by atoms with Gasteiger partial charge in [0.15, 0.2) is 0 Å². The fourth-order valence-corrected chi connectivity index (χ4v) is 5.95. The number of carboxylic acids is 1. The largest absolute Gasteiger partial charge is 0.497 e. The van der Waals surface area contributed by atoms with Crippen LogP contribution in [0, 0.1) is 11.8 Å². The maximum Gasteiger partial charge on any atom is 0.303 e. The van der Waals surface area contributed by atoms with Crippen LogP contribution in [-0.2, 0) is 4.79 Å². The van der Waals surface area contributed by atoms with Crippen LogP contribution < -0.4 is 4.74 Å². The van der Waals surface area contributed by atoms with E-state index < -0.39 is 12.1 Å². The summed E-state index contributed by atoms with van der Waals surface area (Å²) in [7, 11) is 1.63. The molecule has 192 valence electrons. The lowest BCUT2D eigenvalue weighted by Gasteiger charge is -2.39. The predicted octanol–water partition coefficient (Wildman–Crippen LogP) is 4.44. The van der Waals surface area contributed by atoms with Gasteiger partial charge in [0.05, 0.1) is 23.8 Å². The van der Waals surface area contributed by atoms with Gasteiger partial charge >= 0.3 is 5.97 Å². The number of aliphatic hydroxyl groups excluding tert-OH is 1. The zero-order valence-electron chi connectivity index (χ0n) is 20.6. The molecule has 0 bridgehead atoms. The number of benzene rings is 1. The number of aromatic nitrogens is 3. The van der Waals surface area contributed by atoms with Crippen LogP contribution in [0.1, 0.15) is 43.8 Å². The van der Waals surface area contributed by atoms with Gasteiger partial charge < -0.3 is 19.8 Å². The van der Waals surface area contributed by atoms with E-state index in [9.17, 15) is 15.0 Å². The molecule has 1 unspecified atom stereocenters. The molecular formula is C27H34N4O4S. The molecule has 4 rings (SSSR count). The number of hydrogen-bond acceptors (Lipinski definition) is 8. The number of methoxy groups -OCH3 is 1. The Morgan fingerprint density at radius 1 is 1.19 bits per heavy atom. The van der Waals surface area contributed by atoms with Crippen molar-refractivity contribution in [3.8, 4) is 5.75 Å². The number of aliphatic hydroxyl groups is 1. The van der Waals surface area contributed by atoms with Gasteiger partial charge in [0.2, 0.25) is 0 Å². The number of hydrogen-bond donors (Lipinski definition) is 2. The van der Waals surface area contributed by atoms with Crippen molar-refractivity contribution in [2.45, 2.75) is 43.2 Å². The zero-order valence-corrected chi connectivity index (χ0v) is 21.4. The number of nitrogens with zero attached hydrogens (tertiary/aromatic N) is 4. The average molecular weight is 511 g/mol. The molecule has 3 aromatic rings. The van der Waals surface area contributed by atoms with Crippen LogP contribution in [0.3, 0.4) is 0 Å². The summed E-state index contributed by atoms with van der Waals surface area (Å²) >= 11 is 1.72. The smallest absolute Gasteiger partial charge is 0.303 e. The molecule has 0 radical (unpaired) electrons. The third kappa shape index (κ3) is 7.15. The lowest BCUT2D eigenvalue weighted by Crippen LogP contribution is -2.41. The summed E-state index contributed by atoms with van der Waals surface area (Å²) in [6, 6.07) is 9.50. The Morgan fingerprint density at radius 2 is 2.08 bits per heavy atom. The van der Waals surface area contributed by atoms with Crippen LogP contribution in [-0.4, -0.2) is 68.5 Å². The molecule has 1 saturated heterocycles. The Bertz CT molecular complexity index is 1130. The Hall–Kier alpha value is -2.75. The van der Waals surface area contributed by atoms with Crippen molar-refractivity contribution in [2.75, 3.05) is 32.5 Å². The molecule has 1 fully saturated rings. The van der Waals surface area contributed by atoms with Crippen molar-refractivity contribution < 1.29 is 19.7 Å². The van der Waals surface area contributed by atoms with Crippen molar-refractivity contribution in [2.24, 2.45) is 11.8 Å². The van der Waals surface area contributed by atoms with Crippen molar-refractivity contribution in [1.29, 1.82) is 0 Å². The van der Waals surface area contributed by atoms with Gasteiger partial charge in [-0.15, -0.1) is 11.8 Å². The Kier molecular flexibility index (Phi) is 9.49. The molecule has 3 atom stereocenters. The summed E-state index contributed by atoms with van der Waals surface area (Å²) < 4.78 is 5.37. The zero-order chi connectivity index (χ0) is 25.3. The van der Waals surface area contributed by atoms with Gasteiger partial charge in [-0.1, -0.05) is 0 Å². The molecule has 1 aromatic carbocycles. The van der Waals surface area contributed by atoms with Crippen LogP contribution in [0.5, 0.6) is 5.75 Å². The third-order valence-electron chi connectivity index (χ3n) is 7.07. The van der Waals surface area contributed by atoms with Crippen molar-refractivity contribution in [3.05, 3.63) is 54.6 Å². The molecule has 0 spiro atoms.